The quantitative estimate of drug-likeness (QED) is 0.505. The number of methoxy groups -OCH3 is 1. The van der Waals surface area contributed by atoms with E-state index in [-0.39, 0.29) is 0 Å². The number of hydrogen-bond donors (Lipinski definition) is 1. The highest BCUT2D eigenvalue weighted by Crippen LogP contribution is 2.28. The van der Waals surface area contributed by atoms with Gasteiger partial charge in [0.1, 0.15) is 17.3 Å². The maximum absolute atomic E-state index is 13.5. The first-order valence-electron chi connectivity index (χ1n) is 8.84. The zero-order chi connectivity index (χ0) is 21.2. The summed E-state index contributed by atoms with van der Waals surface area (Å²) in [5.41, 5.74) is 0.0575. The molecule has 2 rings (SSSR count). The van der Waals surface area contributed by atoms with Crippen LogP contribution in [-0.4, -0.2) is 32.2 Å². The minimum Gasteiger partial charge on any atom is -0.493 e. The van der Waals surface area contributed by atoms with Crippen molar-refractivity contribution in [2.45, 2.75) is 13.3 Å². The number of rotatable bonds is 9. The third-order valence-electron chi connectivity index (χ3n) is 3.63. The summed E-state index contributed by atoms with van der Waals surface area (Å²) >= 11 is 0. The van der Waals surface area contributed by atoms with Crippen LogP contribution >= 0.6 is 0 Å². The van der Waals surface area contributed by atoms with E-state index >= 15 is 0 Å². The van der Waals surface area contributed by atoms with Crippen molar-refractivity contribution in [2.75, 3.05) is 25.6 Å². The maximum atomic E-state index is 13.5. The van der Waals surface area contributed by atoms with Crippen LogP contribution < -0.4 is 14.8 Å². The number of esters is 1. The molecule has 0 radical (unpaired) electrons. The molecule has 0 fully saturated rings. The molecule has 0 bridgehead atoms. The van der Waals surface area contributed by atoms with Gasteiger partial charge in [-0.15, -0.1) is 0 Å². The fraction of sp³-hybridized carbons (Fsp3) is 0.238. The number of carbonyl (C=O) groups excluding carboxylic acids is 2. The molecular formula is C21H21F2NO5. The van der Waals surface area contributed by atoms with Gasteiger partial charge >= 0.3 is 5.97 Å². The molecule has 1 N–H and O–H groups in total. The highest BCUT2D eigenvalue weighted by molar-refractivity contribution is 5.94. The van der Waals surface area contributed by atoms with Crippen molar-refractivity contribution in [1.29, 1.82) is 0 Å². The number of hydrogen-bond acceptors (Lipinski definition) is 5. The Balaban J connectivity index is 1.90. The molecule has 0 aromatic heterocycles. The monoisotopic (exact) mass is 405 g/mol. The molecule has 29 heavy (non-hydrogen) atoms. The van der Waals surface area contributed by atoms with Crippen molar-refractivity contribution >= 4 is 23.6 Å². The number of benzene rings is 2. The van der Waals surface area contributed by atoms with Gasteiger partial charge in [-0.05, 0) is 42.3 Å². The van der Waals surface area contributed by atoms with Gasteiger partial charge in [0.25, 0.3) is 5.91 Å². The molecule has 0 aliphatic heterocycles. The first-order chi connectivity index (χ1) is 13.9. The number of amides is 1. The second kappa shape index (κ2) is 10.8. The highest BCUT2D eigenvalue weighted by atomic mass is 19.1. The average Bonchev–Trinajstić information content (AvgIpc) is 2.72. The Kier molecular flexibility index (Phi) is 8.14. The fourth-order valence-electron chi connectivity index (χ4n) is 2.26. The van der Waals surface area contributed by atoms with Gasteiger partial charge < -0.3 is 19.5 Å². The molecule has 0 aliphatic carbocycles. The van der Waals surface area contributed by atoms with Gasteiger partial charge in [0.05, 0.1) is 13.7 Å². The van der Waals surface area contributed by atoms with Crippen molar-refractivity contribution in [3.63, 3.8) is 0 Å². The van der Waals surface area contributed by atoms with Crippen LogP contribution in [-0.2, 0) is 14.3 Å². The van der Waals surface area contributed by atoms with E-state index in [9.17, 15) is 18.4 Å². The number of ether oxygens (including phenoxy) is 3. The summed E-state index contributed by atoms with van der Waals surface area (Å²) in [6, 6.07) is 8.30. The summed E-state index contributed by atoms with van der Waals surface area (Å²) in [7, 11) is 1.51. The lowest BCUT2D eigenvalue weighted by Crippen LogP contribution is -2.21. The molecule has 154 valence electrons. The predicted molar refractivity (Wildman–Crippen MR) is 104 cm³/mol. The van der Waals surface area contributed by atoms with E-state index in [4.69, 9.17) is 14.2 Å². The molecular weight excluding hydrogens is 384 g/mol. The second-order valence-corrected chi connectivity index (χ2v) is 5.84. The minimum absolute atomic E-state index is 0.514. The fourth-order valence-corrected chi connectivity index (χ4v) is 2.26. The van der Waals surface area contributed by atoms with Crippen LogP contribution in [0.1, 0.15) is 18.9 Å². The molecule has 0 saturated carbocycles. The van der Waals surface area contributed by atoms with Gasteiger partial charge in [-0.2, -0.15) is 0 Å². The largest absolute Gasteiger partial charge is 0.493 e. The topological polar surface area (TPSA) is 73.9 Å². The van der Waals surface area contributed by atoms with Crippen LogP contribution in [0.5, 0.6) is 11.5 Å². The normalized spacial score (nSPS) is 10.6. The van der Waals surface area contributed by atoms with E-state index in [0.717, 1.165) is 24.6 Å². The van der Waals surface area contributed by atoms with E-state index in [2.05, 4.69) is 0 Å². The van der Waals surface area contributed by atoms with Crippen LogP contribution in [0.25, 0.3) is 6.08 Å². The Morgan fingerprint density at radius 2 is 1.83 bits per heavy atom. The Morgan fingerprint density at radius 1 is 1.10 bits per heavy atom. The van der Waals surface area contributed by atoms with Gasteiger partial charge in [-0.3, -0.25) is 4.79 Å². The maximum Gasteiger partial charge on any atom is 0.331 e. The smallest absolute Gasteiger partial charge is 0.331 e. The van der Waals surface area contributed by atoms with Crippen molar-refractivity contribution < 1.29 is 32.6 Å². The molecule has 0 aliphatic rings. The second-order valence-electron chi connectivity index (χ2n) is 5.84. The average molecular weight is 405 g/mol. The number of halogens is 2. The Hall–Kier alpha value is -3.42. The molecule has 0 unspecified atom stereocenters. The Morgan fingerprint density at radius 3 is 2.48 bits per heavy atom. The Labute approximate surface area is 167 Å². The number of para-hydroxylation sites is 1. The van der Waals surface area contributed by atoms with Crippen LogP contribution in [0.2, 0.25) is 0 Å². The first-order valence-corrected chi connectivity index (χ1v) is 8.84. The third-order valence-corrected chi connectivity index (χ3v) is 3.63. The van der Waals surface area contributed by atoms with Crippen molar-refractivity contribution in [3.05, 3.63) is 59.7 Å². The standard InChI is InChI=1S/C21H21F2NO5/c1-3-11-28-17-9-7-14(12-18(17)27-2)8-10-20(26)29-13-19(25)24-21-15(22)5-4-6-16(21)23/h4-10,12H,3,11,13H2,1-2H3,(H,24,25)/b10-8+. The third kappa shape index (κ3) is 6.60. The highest BCUT2D eigenvalue weighted by Gasteiger charge is 2.13. The summed E-state index contributed by atoms with van der Waals surface area (Å²) in [5.74, 6) is -2.41. The molecule has 8 heteroatoms. The molecule has 1 amide bonds. The first kappa shape index (κ1) is 21.9. The molecule has 2 aromatic rings. The zero-order valence-electron chi connectivity index (χ0n) is 16.0. The van der Waals surface area contributed by atoms with Crippen LogP contribution in [0.4, 0.5) is 14.5 Å². The summed E-state index contributed by atoms with van der Waals surface area (Å²) < 4.78 is 42.5. The molecule has 0 atom stereocenters. The molecule has 0 saturated heterocycles. The molecule has 2 aromatic carbocycles. The summed E-state index contributed by atoms with van der Waals surface area (Å²) in [6.45, 7) is 1.85. The van der Waals surface area contributed by atoms with Crippen molar-refractivity contribution in [3.8, 4) is 11.5 Å². The van der Waals surface area contributed by atoms with E-state index in [1.54, 1.807) is 18.2 Å². The van der Waals surface area contributed by atoms with E-state index < -0.39 is 35.8 Å². The lowest BCUT2D eigenvalue weighted by molar-refractivity contribution is -0.142. The minimum atomic E-state index is -0.926. The van der Waals surface area contributed by atoms with Crippen molar-refractivity contribution in [2.24, 2.45) is 0 Å². The van der Waals surface area contributed by atoms with Crippen LogP contribution in [0, 0.1) is 11.6 Å². The van der Waals surface area contributed by atoms with Gasteiger partial charge in [-0.25, -0.2) is 13.6 Å². The molecule has 0 heterocycles. The SMILES string of the molecule is CCCOc1ccc(/C=C/C(=O)OCC(=O)Nc2c(F)cccc2F)cc1OC. The van der Waals surface area contributed by atoms with E-state index in [1.807, 2.05) is 12.2 Å². The lowest BCUT2D eigenvalue weighted by Gasteiger charge is -2.10. The van der Waals surface area contributed by atoms with Gasteiger partial charge in [0.15, 0.2) is 18.1 Å². The van der Waals surface area contributed by atoms with Gasteiger partial charge in [0, 0.05) is 6.08 Å². The van der Waals surface area contributed by atoms with Crippen molar-refractivity contribution in [1.82, 2.24) is 0 Å². The van der Waals surface area contributed by atoms with E-state index in [0.29, 0.717) is 23.7 Å². The Bertz CT molecular complexity index is 878. The van der Waals surface area contributed by atoms with Crippen LogP contribution in [0.15, 0.2) is 42.5 Å². The predicted octanol–water partition coefficient (Wildman–Crippen LogP) is 3.96. The van der Waals surface area contributed by atoms with E-state index in [1.165, 1.54) is 19.3 Å². The number of carbonyl (C=O) groups is 2. The zero-order valence-corrected chi connectivity index (χ0v) is 16.0. The number of anilines is 1. The molecule has 0 spiro atoms. The van der Waals surface area contributed by atoms with Crippen LogP contribution in [0.3, 0.4) is 0 Å². The lowest BCUT2D eigenvalue weighted by atomic mass is 10.2. The summed E-state index contributed by atoms with van der Waals surface area (Å²) in [6.07, 6.45) is 3.45. The number of nitrogens with one attached hydrogen (secondary N) is 1. The molecule has 6 nitrogen and oxygen atoms in total. The summed E-state index contributed by atoms with van der Waals surface area (Å²) in [5, 5.41) is 2.02. The van der Waals surface area contributed by atoms with Gasteiger partial charge in [-0.1, -0.05) is 19.1 Å². The van der Waals surface area contributed by atoms with Gasteiger partial charge in [0.2, 0.25) is 0 Å². The summed E-state index contributed by atoms with van der Waals surface area (Å²) in [4.78, 5) is 23.5.